The van der Waals surface area contributed by atoms with E-state index in [4.69, 9.17) is 0 Å². The lowest BCUT2D eigenvalue weighted by Gasteiger charge is -2.19. The number of benzene rings is 1. The minimum Gasteiger partial charge on any atom is -0.481 e. The number of aromatic nitrogens is 2. The molecule has 2 rings (SSSR count). The predicted octanol–water partition coefficient (Wildman–Crippen LogP) is 0.548. The Morgan fingerprint density at radius 3 is 2.28 bits per heavy atom. The molecule has 0 aliphatic rings. The van der Waals surface area contributed by atoms with E-state index >= 15 is 0 Å². The van der Waals surface area contributed by atoms with Crippen LogP contribution < -0.4 is 16.6 Å². The van der Waals surface area contributed by atoms with Gasteiger partial charge in [0.05, 0.1) is 5.41 Å². The molecule has 25 heavy (non-hydrogen) atoms. The fraction of sp³-hybridized carbons (Fsp3) is 0.294. The molecule has 1 aromatic heterocycles. The largest absolute Gasteiger partial charge is 0.481 e. The number of carboxylic acids is 1. The number of aliphatic carboxylic acids is 1. The molecule has 132 valence electrons. The van der Waals surface area contributed by atoms with Gasteiger partial charge in [-0.25, -0.2) is 4.79 Å². The maximum Gasteiger partial charge on any atom is 0.331 e. The molecule has 2 N–H and O–H groups in total. The average molecular weight is 345 g/mol. The second-order valence-electron chi connectivity index (χ2n) is 6.18. The van der Waals surface area contributed by atoms with Gasteiger partial charge in [0, 0.05) is 25.0 Å². The Morgan fingerprint density at radius 2 is 1.72 bits per heavy atom. The molecule has 0 radical (unpaired) electrons. The van der Waals surface area contributed by atoms with Crippen molar-refractivity contribution in [2.24, 2.45) is 7.05 Å². The first-order valence-corrected chi connectivity index (χ1v) is 7.53. The molecule has 0 saturated carbocycles. The zero-order valence-corrected chi connectivity index (χ0v) is 14.1. The molecule has 0 saturated heterocycles. The third-order valence-corrected chi connectivity index (χ3v) is 4.00. The third kappa shape index (κ3) is 3.85. The number of nitrogens with zero attached hydrogens (tertiary/aromatic N) is 2. The molecule has 1 amide bonds. The van der Waals surface area contributed by atoms with E-state index in [2.05, 4.69) is 5.32 Å². The highest BCUT2D eigenvalue weighted by atomic mass is 16.4. The molecule has 8 heteroatoms. The van der Waals surface area contributed by atoms with Crippen LogP contribution in [0.25, 0.3) is 0 Å². The second kappa shape index (κ2) is 6.76. The lowest BCUT2D eigenvalue weighted by molar-refractivity contribution is -0.142. The van der Waals surface area contributed by atoms with E-state index in [-0.39, 0.29) is 6.54 Å². The SMILES string of the molecule is Cn1c(=O)ccn(CC(=O)Nc2ccc(C(C)(C)C(=O)O)cc2)c1=O. The number of hydrogen-bond donors (Lipinski definition) is 2. The number of anilines is 1. The summed E-state index contributed by atoms with van der Waals surface area (Å²) in [5.74, 6) is -1.38. The molecule has 0 unspecified atom stereocenters. The van der Waals surface area contributed by atoms with Crippen LogP contribution in [0.5, 0.6) is 0 Å². The number of rotatable bonds is 5. The highest BCUT2D eigenvalue weighted by Crippen LogP contribution is 2.24. The zero-order valence-electron chi connectivity index (χ0n) is 14.1. The van der Waals surface area contributed by atoms with Gasteiger partial charge in [-0.05, 0) is 31.5 Å². The highest BCUT2D eigenvalue weighted by Gasteiger charge is 2.29. The van der Waals surface area contributed by atoms with Crippen LogP contribution >= 0.6 is 0 Å². The second-order valence-corrected chi connectivity index (χ2v) is 6.18. The van der Waals surface area contributed by atoms with Crippen molar-refractivity contribution in [2.45, 2.75) is 25.8 Å². The first-order chi connectivity index (χ1) is 11.6. The van der Waals surface area contributed by atoms with Crippen molar-refractivity contribution in [3.8, 4) is 0 Å². The number of nitrogens with one attached hydrogen (secondary N) is 1. The number of carboxylic acid groups (broad SMARTS) is 1. The molecule has 8 nitrogen and oxygen atoms in total. The fourth-order valence-electron chi connectivity index (χ4n) is 2.19. The van der Waals surface area contributed by atoms with Gasteiger partial charge in [-0.2, -0.15) is 0 Å². The van der Waals surface area contributed by atoms with Gasteiger partial charge < -0.3 is 10.4 Å². The van der Waals surface area contributed by atoms with E-state index in [1.165, 1.54) is 19.3 Å². The summed E-state index contributed by atoms with van der Waals surface area (Å²) in [6.07, 6.45) is 1.27. The minimum atomic E-state index is -1.04. The minimum absolute atomic E-state index is 0.241. The van der Waals surface area contributed by atoms with Crippen LogP contribution in [0.3, 0.4) is 0 Å². The van der Waals surface area contributed by atoms with Crippen LogP contribution in [-0.4, -0.2) is 26.1 Å². The summed E-state index contributed by atoms with van der Waals surface area (Å²) >= 11 is 0. The van der Waals surface area contributed by atoms with E-state index < -0.39 is 28.5 Å². The Balaban J connectivity index is 2.12. The molecule has 0 spiro atoms. The fourth-order valence-corrected chi connectivity index (χ4v) is 2.19. The van der Waals surface area contributed by atoms with Crippen molar-refractivity contribution < 1.29 is 14.7 Å². The highest BCUT2D eigenvalue weighted by molar-refractivity contribution is 5.90. The zero-order chi connectivity index (χ0) is 18.8. The maximum atomic E-state index is 12.1. The summed E-state index contributed by atoms with van der Waals surface area (Å²) < 4.78 is 2.04. The Bertz CT molecular complexity index is 923. The van der Waals surface area contributed by atoms with Gasteiger partial charge in [-0.3, -0.25) is 23.5 Å². The van der Waals surface area contributed by atoms with Gasteiger partial charge in [0.2, 0.25) is 5.91 Å². The van der Waals surface area contributed by atoms with Gasteiger partial charge >= 0.3 is 11.7 Å². The quantitative estimate of drug-likeness (QED) is 0.822. The van der Waals surface area contributed by atoms with E-state index in [0.29, 0.717) is 11.3 Å². The summed E-state index contributed by atoms with van der Waals surface area (Å²) in [7, 11) is 1.34. The van der Waals surface area contributed by atoms with Gasteiger partial charge in [-0.1, -0.05) is 12.1 Å². The van der Waals surface area contributed by atoms with E-state index in [9.17, 15) is 24.3 Å². The van der Waals surface area contributed by atoms with Gasteiger partial charge in [0.1, 0.15) is 6.54 Å². The molecule has 1 heterocycles. The molecule has 2 aromatic rings. The van der Waals surface area contributed by atoms with Crippen LogP contribution in [0.4, 0.5) is 5.69 Å². The summed E-state index contributed by atoms with van der Waals surface area (Å²) in [5, 5.41) is 11.8. The Morgan fingerprint density at radius 1 is 1.12 bits per heavy atom. The van der Waals surface area contributed by atoms with Crippen molar-refractivity contribution >= 4 is 17.6 Å². The number of hydrogen-bond acceptors (Lipinski definition) is 4. The van der Waals surface area contributed by atoms with Crippen LogP contribution in [0, 0.1) is 0 Å². The van der Waals surface area contributed by atoms with Crippen LogP contribution in [-0.2, 0) is 28.6 Å². The molecule has 0 bridgehead atoms. The first kappa shape index (κ1) is 18.2. The number of carbonyl (C=O) groups is 2. The first-order valence-electron chi connectivity index (χ1n) is 7.53. The van der Waals surface area contributed by atoms with Crippen LogP contribution in [0.1, 0.15) is 19.4 Å². The van der Waals surface area contributed by atoms with Crippen LogP contribution in [0.2, 0.25) is 0 Å². The topological polar surface area (TPSA) is 110 Å². The molecule has 0 atom stereocenters. The van der Waals surface area contributed by atoms with Gasteiger partial charge in [0.15, 0.2) is 0 Å². The van der Waals surface area contributed by atoms with E-state index in [1.54, 1.807) is 38.1 Å². The van der Waals surface area contributed by atoms with E-state index in [0.717, 1.165) is 9.13 Å². The molecule has 0 aliphatic carbocycles. The van der Waals surface area contributed by atoms with Gasteiger partial charge in [0.25, 0.3) is 5.56 Å². The van der Waals surface area contributed by atoms with Crippen molar-refractivity contribution in [1.82, 2.24) is 9.13 Å². The normalized spacial score (nSPS) is 11.2. The summed E-state index contributed by atoms with van der Waals surface area (Å²) in [4.78, 5) is 46.5. The molecule has 0 fully saturated rings. The Kier molecular flexibility index (Phi) is 4.92. The molecular formula is C17H19N3O5. The number of carbonyl (C=O) groups excluding carboxylic acids is 1. The van der Waals surface area contributed by atoms with Crippen molar-refractivity contribution in [1.29, 1.82) is 0 Å². The smallest absolute Gasteiger partial charge is 0.331 e. The lowest BCUT2D eigenvalue weighted by atomic mass is 9.85. The summed E-state index contributed by atoms with van der Waals surface area (Å²) in [6, 6.07) is 7.66. The molecular weight excluding hydrogens is 326 g/mol. The average Bonchev–Trinajstić information content (AvgIpc) is 2.56. The summed E-state index contributed by atoms with van der Waals surface area (Å²) in [6.45, 7) is 2.94. The Labute approximate surface area is 143 Å². The lowest BCUT2D eigenvalue weighted by Crippen LogP contribution is -2.38. The van der Waals surface area contributed by atoms with Crippen molar-refractivity contribution in [2.75, 3.05) is 5.32 Å². The van der Waals surface area contributed by atoms with Crippen molar-refractivity contribution in [3.63, 3.8) is 0 Å². The summed E-state index contributed by atoms with van der Waals surface area (Å²) in [5.41, 5.74) is -0.982. The molecule has 0 aliphatic heterocycles. The molecule has 1 aromatic carbocycles. The van der Waals surface area contributed by atoms with E-state index in [1.807, 2.05) is 0 Å². The third-order valence-electron chi connectivity index (χ3n) is 4.00. The monoisotopic (exact) mass is 345 g/mol. The Hall–Kier alpha value is -3.16. The number of amides is 1. The standard InChI is InChI=1S/C17H19N3O5/c1-17(2,15(23)24)11-4-6-12(7-5-11)18-13(21)10-20-9-8-14(22)19(3)16(20)25/h4-9H,10H2,1-3H3,(H,18,21)(H,23,24). The van der Waals surface area contributed by atoms with Gasteiger partial charge in [-0.15, -0.1) is 0 Å². The van der Waals surface area contributed by atoms with Crippen LogP contribution in [0.15, 0.2) is 46.1 Å². The maximum absolute atomic E-state index is 12.1. The predicted molar refractivity (Wildman–Crippen MR) is 91.7 cm³/mol. The van der Waals surface area contributed by atoms with Crippen molar-refractivity contribution in [3.05, 3.63) is 62.9 Å².